The van der Waals surface area contributed by atoms with Crippen LogP contribution in [0.15, 0.2) is 48.5 Å². The van der Waals surface area contributed by atoms with E-state index in [0.717, 1.165) is 43.7 Å². The summed E-state index contributed by atoms with van der Waals surface area (Å²) in [5.74, 6) is 0.570. The molecule has 1 N–H and O–H groups in total. The third kappa shape index (κ3) is 3.17. The van der Waals surface area contributed by atoms with Crippen LogP contribution in [0.4, 0.5) is 0 Å². The number of rotatable bonds is 5. The normalized spacial score (nSPS) is 32.2. The van der Waals surface area contributed by atoms with Gasteiger partial charge in [0.15, 0.2) is 0 Å². The quantitative estimate of drug-likeness (QED) is 0.679. The Morgan fingerprint density at radius 1 is 0.943 bits per heavy atom. The van der Waals surface area contributed by atoms with Crippen LogP contribution in [0.2, 0.25) is 0 Å². The standard InChI is InChI=1S/C28H29N3O4/c32-25-19-12-28(13-19,27(34)29-25)31-16-18-11-21(9-10-22(18)26(31)33)35-24-8-4-7-23(24)30-14-20(15-30)17-5-2-1-3-6-17/h1-3,5-6,9-11,19-20,23-24H,4,7-8,12-16H2,(H,29,32,34)/t19?,23-,24+,28?/m0/s1. The largest absolute Gasteiger partial charge is 0.489 e. The van der Waals surface area contributed by atoms with Crippen LogP contribution >= 0.6 is 0 Å². The number of imide groups is 1. The van der Waals surface area contributed by atoms with Crippen LogP contribution in [0, 0.1) is 5.92 Å². The highest BCUT2D eigenvalue weighted by Gasteiger charge is 2.63. The predicted octanol–water partition coefficient (Wildman–Crippen LogP) is 2.85. The van der Waals surface area contributed by atoms with Crippen LogP contribution in [0.3, 0.4) is 0 Å². The minimum Gasteiger partial charge on any atom is -0.489 e. The summed E-state index contributed by atoms with van der Waals surface area (Å²) in [6.45, 7) is 2.55. The van der Waals surface area contributed by atoms with Crippen molar-refractivity contribution in [2.75, 3.05) is 13.1 Å². The van der Waals surface area contributed by atoms with Crippen LogP contribution in [0.5, 0.6) is 5.75 Å². The molecule has 8 rings (SSSR count). The smallest absolute Gasteiger partial charge is 0.255 e. The van der Waals surface area contributed by atoms with E-state index in [4.69, 9.17) is 4.74 Å². The van der Waals surface area contributed by atoms with Crippen LogP contribution in [-0.2, 0) is 16.1 Å². The Hall–Kier alpha value is -3.19. The van der Waals surface area contributed by atoms with E-state index >= 15 is 0 Å². The van der Waals surface area contributed by atoms with Crippen molar-refractivity contribution in [3.05, 3.63) is 65.2 Å². The van der Waals surface area contributed by atoms with Crippen molar-refractivity contribution in [1.82, 2.24) is 15.1 Å². The topological polar surface area (TPSA) is 79.0 Å². The maximum atomic E-state index is 13.2. The van der Waals surface area contributed by atoms with Gasteiger partial charge in [-0.15, -0.1) is 0 Å². The van der Waals surface area contributed by atoms with E-state index in [-0.39, 0.29) is 29.7 Å². The third-order valence-corrected chi connectivity index (χ3v) is 8.95. The number of nitrogens with zero attached hydrogens (tertiary/aromatic N) is 2. The molecule has 7 nitrogen and oxygen atoms in total. The number of fused-ring (bicyclic) bond motifs is 3. The molecule has 0 radical (unpaired) electrons. The van der Waals surface area contributed by atoms with Crippen LogP contribution < -0.4 is 10.1 Å². The maximum Gasteiger partial charge on any atom is 0.255 e. The van der Waals surface area contributed by atoms with Crippen molar-refractivity contribution < 1.29 is 19.1 Å². The Kier molecular flexibility index (Phi) is 4.62. The zero-order valence-corrected chi connectivity index (χ0v) is 19.6. The lowest BCUT2D eigenvalue weighted by Gasteiger charge is -2.53. The zero-order valence-electron chi connectivity index (χ0n) is 19.6. The molecule has 2 bridgehead atoms. The second-order valence-corrected chi connectivity index (χ2v) is 10.9. The van der Waals surface area contributed by atoms with Gasteiger partial charge in [0, 0.05) is 43.1 Å². The molecule has 4 heterocycles. The number of hydrogen-bond donors (Lipinski definition) is 1. The van der Waals surface area contributed by atoms with E-state index in [0.29, 0.717) is 36.9 Å². The number of hydrogen-bond acceptors (Lipinski definition) is 5. The van der Waals surface area contributed by atoms with Crippen molar-refractivity contribution >= 4 is 17.7 Å². The second-order valence-electron chi connectivity index (χ2n) is 10.9. The number of carbonyl (C=O) groups is 3. The lowest BCUT2D eigenvalue weighted by atomic mass is 9.63. The van der Waals surface area contributed by atoms with Gasteiger partial charge in [-0.1, -0.05) is 30.3 Å². The fourth-order valence-electron chi connectivity index (χ4n) is 6.87. The molecule has 180 valence electrons. The number of amides is 3. The van der Waals surface area contributed by atoms with Gasteiger partial charge in [-0.25, -0.2) is 0 Å². The molecule has 7 heteroatoms. The Morgan fingerprint density at radius 2 is 1.74 bits per heavy atom. The van der Waals surface area contributed by atoms with Crippen LogP contribution in [-0.4, -0.2) is 58.3 Å². The van der Waals surface area contributed by atoms with E-state index < -0.39 is 5.54 Å². The fourth-order valence-corrected chi connectivity index (χ4v) is 6.87. The minimum absolute atomic E-state index is 0.124. The number of nitrogens with one attached hydrogen (secondary N) is 1. The third-order valence-electron chi connectivity index (χ3n) is 8.95. The first-order valence-electron chi connectivity index (χ1n) is 12.8. The molecule has 2 atom stereocenters. The first-order chi connectivity index (χ1) is 17.0. The molecule has 2 saturated carbocycles. The van der Waals surface area contributed by atoms with E-state index in [1.165, 1.54) is 5.56 Å². The van der Waals surface area contributed by atoms with E-state index in [9.17, 15) is 14.4 Å². The number of benzene rings is 2. The summed E-state index contributed by atoms with van der Waals surface area (Å²) in [5.41, 5.74) is 2.08. The highest BCUT2D eigenvalue weighted by Crippen LogP contribution is 2.49. The van der Waals surface area contributed by atoms with Crippen LogP contribution in [0.1, 0.15) is 59.5 Å². The highest BCUT2D eigenvalue weighted by atomic mass is 16.5. The van der Waals surface area contributed by atoms with E-state index in [1.54, 1.807) is 4.90 Å². The molecule has 0 unspecified atom stereocenters. The molecule has 2 aromatic rings. The fraction of sp³-hybridized carbons (Fsp3) is 0.464. The van der Waals surface area contributed by atoms with Crippen molar-refractivity contribution in [2.45, 2.75) is 62.3 Å². The highest BCUT2D eigenvalue weighted by molar-refractivity contribution is 6.10. The SMILES string of the molecule is O=C1NC(=O)C2(N3Cc4cc(O[C@@H]5CCC[C@@H]5N5CC(c6ccccc6)C5)ccc4C3=O)CC1C2. The van der Waals surface area contributed by atoms with Gasteiger partial charge >= 0.3 is 0 Å². The van der Waals surface area contributed by atoms with Crippen molar-refractivity contribution in [2.24, 2.45) is 5.92 Å². The van der Waals surface area contributed by atoms with Gasteiger partial charge < -0.3 is 9.64 Å². The van der Waals surface area contributed by atoms with Gasteiger partial charge in [-0.05, 0) is 61.4 Å². The summed E-state index contributed by atoms with van der Waals surface area (Å²) in [4.78, 5) is 41.9. The van der Waals surface area contributed by atoms with Gasteiger partial charge in [-0.3, -0.25) is 24.6 Å². The number of likely N-dealkylation sites (tertiary alicyclic amines) is 1. The zero-order chi connectivity index (χ0) is 23.7. The van der Waals surface area contributed by atoms with Gasteiger partial charge in [-0.2, -0.15) is 0 Å². The summed E-state index contributed by atoms with van der Waals surface area (Å²) >= 11 is 0. The molecule has 3 saturated heterocycles. The second kappa shape index (κ2) is 7.65. The lowest BCUT2D eigenvalue weighted by molar-refractivity contribution is -0.160. The molecule has 6 aliphatic rings. The molecule has 5 fully saturated rings. The summed E-state index contributed by atoms with van der Waals surface area (Å²) in [7, 11) is 0. The summed E-state index contributed by atoms with van der Waals surface area (Å²) < 4.78 is 6.50. The maximum absolute atomic E-state index is 13.2. The molecule has 0 spiro atoms. The Labute approximate surface area is 204 Å². The molecule has 0 aromatic heterocycles. The van der Waals surface area contributed by atoms with E-state index in [1.807, 2.05) is 18.2 Å². The predicted molar refractivity (Wildman–Crippen MR) is 128 cm³/mol. The summed E-state index contributed by atoms with van der Waals surface area (Å²) in [6, 6.07) is 16.9. The minimum atomic E-state index is -0.876. The van der Waals surface area contributed by atoms with Crippen LogP contribution in [0.25, 0.3) is 0 Å². The van der Waals surface area contributed by atoms with Crippen molar-refractivity contribution in [3.8, 4) is 5.75 Å². The number of piperidine rings is 2. The Bertz CT molecular complexity index is 1220. The molecular weight excluding hydrogens is 442 g/mol. The first-order valence-corrected chi connectivity index (χ1v) is 12.8. The van der Waals surface area contributed by atoms with Crippen molar-refractivity contribution in [3.63, 3.8) is 0 Å². The average molecular weight is 472 g/mol. The number of ether oxygens (including phenoxy) is 1. The molecule has 2 aliphatic carbocycles. The molecule has 2 aromatic carbocycles. The molecular formula is C28H29N3O4. The van der Waals surface area contributed by atoms with Gasteiger partial charge in [0.25, 0.3) is 11.8 Å². The molecule has 3 amide bonds. The summed E-state index contributed by atoms with van der Waals surface area (Å²) in [5, 5.41) is 2.44. The van der Waals surface area contributed by atoms with Gasteiger partial charge in [0.1, 0.15) is 17.4 Å². The van der Waals surface area contributed by atoms with Gasteiger partial charge in [0.05, 0.1) is 0 Å². The average Bonchev–Trinajstić information content (AvgIpc) is 3.37. The molecule has 35 heavy (non-hydrogen) atoms. The lowest BCUT2D eigenvalue weighted by Crippen LogP contribution is -2.73. The van der Waals surface area contributed by atoms with Crippen molar-refractivity contribution in [1.29, 1.82) is 0 Å². The Balaban J connectivity index is 1.03. The Morgan fingerprint density at radius 3 is 2.51 bits per heavy atom. The molecule has 4 aliphatic heterocycles. The monoisotopic (exact) mass is 471 g/mol. The summed E-state index contributed by atoms with van der Waals surface area (Å²) in [6.07, 6.45) is 4.38. The number of carbonyl (C=O) groups excluding carboxylic acids is 3. The first kappa shape index (κ1) is 21.1. The van der Waals surface area contributed by atoms with E-state index in [2.05, 4.69) is 40.5 Å². The van der Waals surface area contributed by atoms with Gasteiger partial charge in [0.2, 0.25) is 5.91 Å².